The topological polar surface area (TPSA) is 117 Å². The summed E-state index contributed by atoms with van der Waals surface area (Å²) in [5.74, 6) is 0.412. The molecular formula is C24H28N8O2. The van der Waals surface area contributed by atoms with E-state index in [2.05, 4.69) is 52.2 Å². The zero-order valence-corrected chi connectivity index (χ0v) is 19.3. The van der Waals surface area contributed by atoms with E-state index in [1.807, 2.05) is 18.2 Å². The Bertz CT molecular complexity index is 1250. The molecule has 3 aromatic rings. The molecule has 0 bridgehead atoms. The van der Waals surface area contributed by atoms with Gasteiger partial charge in [-0.25, -0.2) is 0 Å². The first-order chi connectivity index (χ1) is 16.5. The molecule has 3 N–H and O–H groups in total. The molecule has 10 heteroatoms. The highest BCUT2D eigenvalue weighted by atomic mass is 16.2. The highest BCUT2D eigenvalue weighted by molar-refractivity contribution is 6.15. The maximum Gasteiger partial charge on any atom is 0.254 e. The summed E-state index contributed by atoms with van der Waals surface area (Å²) in [5, 5.41) is 13.7. The number of fused-ring (bicyclic) bond motifs is 1. The normalized spacial score (nSPS) is 18.0. The lowest BCUT2D eigenvalue weighted by atomic mass is 10.0. The molecule has 176 valence electrons. The van der Waals surface area contributed by atoms with Gasteiger partial charge in [0.1, 0.15) is 0 Å². The molecular weight excluding hydrogens is 432 g/mol. The molecule has 1 aromatic carbocycles. The Labute approximate surface area is 197 Å². The van der Waals surface area contributed by atoms with Gasteiger partial charge in [0.15, 0.2) is 5.65 Å². The maximum absolute atomic E-state index is 12.1. The van der Waals surface area contributed by atoms with Crippen LogP contribution in [0.2, 0.25) is 0 Å². The summed E-state index contributed by atoms with van der Waals surface area (Å²) in [5.41, 5.74) is 2.79. The summed E-state index contributed by atoms with van der Waals surface area (Å²) >= 11 is 0. The minimum Gasteiger partial charge on any atom is -0.351 e. The van der Waals surface area contributed by atoms with Crippen molar-refractivity contribution in [3.8, 4) is 0 Å². The van der Waals surface area contributed by atoms with Crippen molar-refractivity contribution in [2.45, 2.75) is 37.8 Å². The first-order valence-electron chi connectivity index (χ1n) is 11.5. The van der Waals surface area contributed by atoms with E-state index in [0.717, 1.165) is 31.4 Å². The van der Waals surface area contributed by atoms with Gasteiger partial charge in [-0.3, -0.25) is 14.9 Å². The van der Waals surface area contributed by atoms with E-state index in [1.165, 1.54) is 0 Å². The maximum atomic E-state index is 12.1. The largest absolute Gasteiger partial charge is 0.351 e. The Morgan fingerprint density at radius 3 is 2.68 bits per heavy atom. The molecule has 5 rings (SSSR count). The van der Waals surface area contributed by atoms with Crippen molar-refractivity contribution in [2.24, 2.45) is 0 Å². The summed E-state index contributed by atoms with van der Waals surface area (Å²) in [7, 11) is 4.11. The van der Waals surface area contributed by atoms with Gasteiger partial charge in [-0.05, 0) is 51.5 Å². The second-order valence-electron chi connectivity index (χ2n) is 9.05. The van der Waals surface area contributed by atoms with E-state index >= 15 is 0 Å². The molecule has 1 atom stereocenters. The molecule has 34 heavy (non-hydrogen) atoms. The van der Waals surface area contributed by atoms with Crippen LogP contribution in [0.3, 0.4) is 0 Å². The van der Waals surface area contributed by atoms with Crippen LogP contribution in [0.15, 0.2) is 42.1 Å². The predicted molar refractivity (Wildman–Crippen MR) is 129 cm³/mol. The van der Waals surface area contributed by atoms with E-state index in [4.69, 9.17) is 9.97 Å². The molecule has 10 nitrogen and oxygen atoms in total. The van der Waals surface area contributed by atoms with Crippen LogP contribution in [0.25, 0.3) is 11.7 Å². The molecule has 1 aliphatic carbocycles. The Kier molecular flexibility index (Phi) is 5.97. The number of carbonyl (C=O) groups excluding carboxylic acids is 2. The van der Waals surface area contributed by atoms with Crippen LogP contribution in [-0.4, -0.2) is 63.0 Å². The number of carbonyl (C=O) groups is 2. The number of nitrogens with zero attached hydrogens (tertiary/aromatic N) is 5. The highest BCUT2D eigenvalue weighted by Crippen LogP contribution is 2.28. The fourth-order valence-corrected chi connectivity index (χ4v) is 3.92. The van der Waals surface area contributed by atoms with E-state index in [-0.39, 0.29) is 24.3 Å². The smallest absolute Gasteiger partial charge is 0.254 e. The molecule has 0 radical (unpaired) electrons. The molecule has 1 saturated heterocycles. The third kappa shape index (κ3) is 4.91. The first kappa shape index (κ1) is 22.0. The average Bonchev–Trinajstić information content (AvgIpc) is 3.45. The summed E-state index contributed by atoms with van der Waals surface area (Å²) < 4.78 is 1.65. The fourth-order valence-electron chi connectivity index (χ4n) is 3.92. The quantitative estimate of drug-likeness (QED) is 0.329. The number of rotatable bonds is 9. The fraction of sp³-hybridized carbons (Fsp3) is 0.375. The van der Waals surface area contributed by atoms with E-state index in [9.17, 15) is 9.59 Å². The van der Waals surface area contributed by atoms with Gasteiger partial charge < -0.3 is 15.5 Å². The zero-order chi connectivity index (χ0) is 23.7. The Morgan fingerprint density at radius 1 is 1.21 bits per heavy atom. The van der Waals surface area contributed by atoms with E-state index < -0.39 is 0 Å². The molecule has 2 aliphatic rings. The van der Waals surface area contributed by atoms with Crippen LogP contribution in [0.4, 0.5) is 11.9 Å². The van der Waals surface area contributed by atoms with E-state index in [0.29, 0.717) is 34.7 Å². The molecule has 2 fully saturated rings. The van der Waals surface area contributed by atoms with Crippen molar-refractivity contribution >= 4 is 35.4 Å². The van der Waals surface area contributed by atoms with Gasteiger partial charge in [0.05, 0.1) is 18.7 Å². The van der Waals surface area contributed by atoms with Crippen LogP contribution in [0.5, 0.6) is 0 Å². The molecule has 2 aromatic heterocycles. The first-order valence-corrected chi connectivity index (χ1v) is 11.5. The third-order valence-corrected chi connectivity index (χ3v) is 5.90. The zero-order valence-electron chi connectivity index (χ0n) is 19.3. The minimum atomic E-state index is -0.374. The number of hydrogen-bond donors (Lipinski definition) is 3. The molecule has 1 unspecified atom stereocenters. The number of hydrogen-bond acceptors (Lipinski definition) is 8. The van der Waals surface area contributed by atoms with Crippen LogP contribution < -0.4 is 16.0 Å². The standard InChI is InChI=1S/C24H28N8O2/c1-31(2)11-10-19(15-6-4-3-5-7-15)27-23-29-21-17(12-16-13-20(33)28-22(16)34)14-25-32(21)24(30-23)26-18-8-9-18/h3-7,12,14,18-19H,8-11,13H2,1-2H3,(H,28,33,34)(H2,26,27,29,30)/b16-12+. The Balaban J connectivity index is 1.52. The van der Waals surface area contributed by atoms with Gasteiger partial charge in [0.25, 0.3) is 5.91 Å². The molecule has 1 saturated carbocycles. The highest BCUT2D eigenvalue weighted by Gasteiger charge is 2.26. The van der Waals surface area contributed by atoms with Crippen LogP contribution in [-0.2, 0) is 9.59 Å². The van der Waals surface area contributed by atoms with Crippen LogP contribution in [0.1, 0.15) is 42.9 Å². The van der Waals surface area contributed by atoms with Gasteiger partial charge in [0.2, 0.25) is 17.8 Å². The van der Waals surface area contributed by atoms with Gasteiger partial charge in [-0.15, -0.1) is 0 Å². The summed E-state index contributed by atoms with van der Waals surface area (Å²) in [6.45, 7) is 0.898. The number of aromatic nitrogens is 4. The van der Waals surface area contributed by atoms with Gasteiger partial charge in [-0.1, -0.05) is 30.3 Å². The van der Waals surface area contributed by atoms with Gasteiger partial charge in [0, 0.05) is 17.2 Å². The van der Waals surface area contributed by atoms with Crippen molar-refractivity contribution in [2.75, 3.05) is 31.3 Å². The Hall–Kier alpha value is -3.79. The third-order valence-electron chi connectivity index (χ3n) is 5.90. The lowest BCUT2D eigenvalue weighted by Gasteiger charge is -2.21. The van der Waals surface area contributed by atoms with Crippen LogP contribution >= 0.6 is 0 Å². The minimum absolute atomic E-state index is 0.0165. The molecule has 2 amide bonds. The van der Waals surface area contributed by atoms with Crippen molar-refractivity contribution in [3.63, 3.8) is 0 Å². The number of anilines is 2. The van der Waals surface area contributed by atoms with Gasteiger partial charge in [-0.2, -0.15) is 19.6 Å². The monoisotopic (exact) mass is 460 g/mol. The SMILES string of the molecule is CN(C)CCC(Nc1nc(NC2CC2)n2ncc(/C=C3\CC(=O)NC3=O)c2n1)c1ccccc1. The lowest BCUT2D eigenvalue weighted by molar-refractivity contribution is -0.124. The average molecular weight is 461 g/mol. The van der Waals surface area contributed by atoms with Crippen molar-refractivity contribution < 1.29 is 9.59 Å². The number of amides is 2. The van der Waals surface area contributed by atoms with Crippen LogP contribution in [0, 0.1) is 0 Å². The summed E-state index contributed by atoms with van der Waals surface area (Å²) in [6.07, 6.45) is 6.43. The second kappa shape index (κ2) is 9.22. The summed E-state index contributed by atoms with van der Waals surface area (Å²) in [4.78, 5) is 35.4. The lowest BCUT2D eigenvalue weighted by Crippen LogP contribution is -2.21. The van der Waals surface area contributed by atoms with Crippen molar-refractivity contribution in [1.29, 1.82) is 0 Å². The van der Waals surface area contributed by atoms with Crippen molar-refractivity contribution in [3.05, 3.63) is 53.2 Å². The molecule has 0 spiro atoms. The predicted octanol–water partition coefficient (Wildman–Crippen LogP) is 2.23. The van der Waals surface area contributed by atoms with Crippen molar-refractivity contribution in [1.82, 2.24) is 29.8 Å². The number of imide groups is 1. The Morgan fingerprint density at radius 2 is 2.00 bits per heavy atom. The number of nitrogens with one attached hydrogen (secondary N) is 3. The van der Waals surface area contributed by atoms with E-state index in [1.54, 1.807) is 16.8 Å². The molecule has 1 aliphatic heterocycles. The number of benzene rings is 1. The second-order valence-corrected chi connectivity index (χ2v) is 9.05. The van der Waals surface area contributed by atoms with Gasteiger partial charge >= 0.3 is 0 Å². The molecule has 3 heterocycles. The summed E-state index contributed by atoms with van der Waals surface area (Å²) in [6, 6.07) is 10.6.